The molecule has 0 bridgehead atoms. The van der Waals surface area contributed by atoms with Crippen LogP contribution in [-0.4, -0.2) is 35.0 Å². The van der Waals surface area contributed by atoms with Crippen LogP contribution in [0.25, 0.3) is 0 Å². The van der Waals surface area contributed by atoms with Gasteiger partial charge in [0.25, 0.3) is 5.91 Å². The molecule has 0 fully saturated rings. The van der Waals surface area contributed by atoms with Gasteiger partial charge in [0.05, 0.1) is 6.61 Å². The molecule has 1 aromatic heterocycles. The number of alkyl halides is 2. The fourth-order valence-electron chi connectivity index (χ4n) is 2.74. The minimum absolute atomic E-state index is 0.271. The summed E-state index contributed by atoms with van der Waals surface area (Å²) >= 11 is 0. The van der Waals surface area contributed by atoms with Crippen LogP contribution in [0.5, 0.6) is 11.5 Å². The van der Waals surface area contributed by atoms with Crippen LogP contribution in [0.2, 0.25) is 0 Å². The number of benzene rings is 2. The molecule has 2 aromatic carbocycles. The van der Waals surface area contributed by atoms with Gasteiger partial charge < -0.3 is 19.5 Å². The van der Waals surface area contributed by atoms with Gasteiger partial charge in [-0.3, -0.25) is 9.48 Å². The van der Waals surface area contributed by atoms with Gasteiger partial charge in [0, 0.05) is 30.9 Å². The van der Waals surface area contributed by atoms with Crippen LogP contribution in [-0.2, 0) is 18.4 Å². The molecule has 9 heteroatoms. The maximum absolute atomic E-state index is 12.7. The Kier molecular flexibility index (Phi) is 7.55. The van der Waals surface area contributed by atoms with E-state index in [9.17, 15) is 13.6 Å². The maximum Gasteiger partial charge on any atom is 0.345 e. The molecule has 0 aliphatic rings. The van der Waals surface area contributed by atoms with Gasteiger partial charge in [0.2, 0.25) is 0 Å². The molecule has 7 nitrogen and oxygen atoms in total. The van der Waals surface area contributed by atoms with E-state index < -0.39 is 18.6 Å². The van der Waals surface area contributed by atoms with Gasteiger partial charge in [-0.25, -0.2) is 0 Å². The van der Waals surface area contributed by atoms with Crippen molar-refractivity contribution in [1.29, 1.82) is 0 Å². The van der Waals surface area contributed by atoms with Crippen LogP contribution in [0, 0.1) is 0 Å². The summed E-state index contributed by atoms with van der Waals surface area (Å²) in [7, 11) is 1.74. The minimum Gasteiger partial charge on any atom is -0.489 e. The van der Waals surface area contributed by atoms with E-state index in [4.69, 9.17) is 9.47 Å². The number of carbonyl (C=O) groups excluding carboxylic acids is 1. The Morgan fingerprint density at radius 1 is 1.13 bits per heavy atom. The first kappa shape index (κ1) is 22.2. The number of halogens is 2. The van der Waals surface area contributed by atoms with Crippen molar-refractivity contribution in [3.8, 4) is 11.5 Å². The van der Waals surface area contributed by atoms with Crippen molar-refractivity contribution < 1.29 is 27.8 Å². The summed E-state index contributed by atoms with van der Waals surface area (Å²) in [6.07, 6.45) is 1.04. The zero-order valence-electron chi connectivity index (χ0n) is 17.1. The number of anilines is 1. The molecular formula is C22H23F2N3O4. The molecule has 0 aliphatic carbocycles. The third-order valence-electron chi connectivity index (χ3n) is 4.14. The number of hydrogen-bond donors (Lipinski definition) is 1. The van der Waals surface area contributed by atoms with Crippen LogP contribution in [0.15, 0.2) is 60.8 Å². The number of aryl methyl sites for hydroxylation is 1. The van der Waals surface area contributed by atoms with E-state index >= 15 is 0 Å². The molecule has 3 aromatic rings. The number of ether oxygens (including phenoxy) is 3. The Labute approximate surface area is 178 Å². The molecule has 0 saturated heterocycles. The summed E-state index contributed by atoms with van der Waals surface area (Å²) in [6.45, 7) is -1.31. The second-order valence-electron chi connectivity index (χ2n) is 6.82. The first-order valence-electron chi connectivity index (χ1n) is 9.58. The highest BCUT2D eigenvalue weighted by atomic mass is 19.3. The van der Waals surface area contributed by atoms with E-state index in [-0.39, 0.29) is 18.8 Å². The molecule has 0 radical (unpaired) electrons. The van der Waals surface area contributed by atoms with Crippen LogP contribution in [0.1, 0.15) is 22.8 Å². The topological polar surface area (TPSA) is 74.6 Å². The predicted molar refractivity (Wildman–Crippen MR) is 110 cm³/mol. The Hall–Kier alpha value is -3.46. The Morgan fingerprint density at radius 2 is 1.87 bits per heavy atom. The standard InChI is InChI=1S/C22H23F2N3O4/c1-15(13-30-22(23)24)31-19-11-17(21(28)25-20-8-9-27(2)26-20)10-18(12-19)29-14-16-6-4-3-5-7-16/h3-12,15,22H,13-14H2,1-2H3,(H,25,26,28)/t15-/m0/s1. The summed E-state index contributed by atoms with van der Waals surface area (Å²) in [6, 6.07) is 15.9. The summed E-state index contributed by atoms with van der Waals surface area (Å²) < 4.78 is 41.9. The highest BCUT2D eigenvalue weighted by Crippen LogP contribution is 2.25. The van der Waals surface area contributed by atoms with Gasteiger partial charge in [-0.05, 0) is 24.6 Å². The van der Waals surface area contributed by atoms with E-state index in [1.165, 1.54) is 6.07 Å². The molecule has 31 heavy (non-hydrogen) atoms. The SMILES string of the molecule is C[C@@H](COC(F)F)Oc1cc(OCc2ccccc2)cc(C(=O)Nc2ccn(C)n2)c1. The Morgan fingerprint density at radius 3 is 2.55 bits per heavy atom. The fraction of sp³-hybridized carbons (Fsp3) is 0.273. The average molecular weight is 431 g/mol. The van der Waals surface area contributed by atoms with Gasteiger partial charge >= 0.3 is 6.61 Å². The molecule has 0 spiro atoms. The van der Waals surface area contributed by atoms with Crippen LogP contribution >= 0.6 is 0 Å². The third kappa shape index (κ3) is 7.07. The first-order valence-corrected chi connectivity index (χ1v) is 9.58. The highest BCUT2D eigenvalue weighted by molar-refractivity contribution is 6.04. The van der Waals surface area contributed by atoms with Gasteiger partial charge in [-0.1, -0.05) is 30.3 Å². The number of nitrogens with zero attached hydrogens (tertiary/aromatic N) is 2. The lowest BCUT2D eigenvalue weighted by atomic mass is 10.1. The van der Waals surface area contributed by atoms with E-state index in [0.29, 0.717) is 17.3 Å². The number of rotatable bonds is 10. The van der Waals surface area contributed by atoms with Crippen LogP contribution in [0.3, 0.4) is 0 Å². The summed E-state index contributed by atoms with van der Waals surface area (Å²) in [5, 5.41) is 6.82. The van der Waals surface area contributed by atoms with Crippen molar-refractivity contribution in [3.05, 3.63) is 71.9 Å². The van der Waals surface area contributed by atoms with Crippen molar-refractivity contribution in [2.24, 2.45) is 7.05 Å². The first-order chi connectivity index (χ1) is 14.9. The van der Waals surface area contributed by atoms with Crippen LogP contribution < -0.4 is 14.8 Å². The molecule has 0 unspecified atom stereocenters. The van der Waals surface area contributed by atoms with Crippen molar-refractivity contribution >= 4 is 11.7 Å². The molecule has 1 heterocycles. The van der Waals surface area contributed by atoms with Crippen molar-refractivity contribution in [2.75, 3.05) is 11.9 Å². The number of carbonyl (C=O) groups is 1. The number of hydrogen-bond acceptors (Lipinski definition) is 5. The molecule has 3 rings (SSSR count). The van der Waals surface area contributed by atoms with Gasteiger partial charge in [-0.2, -0.15) is 13.9 Å². The number of nitrogens with one attached hydrogen (secondary N) is 1. The molecule has 0 aliphatic heterocycles. The second kappa shape index (κ2) is 10.5. The van der Waals surface area contributed by atoms with Gasteiger partial charge in [-0.15, -0.1) is 0 Å². The van der Waals surface area contributed by atoms with E-state index in [1.807, 2.05) is 30.3 Å². The summed E-state index contributed by atoms with van der Waals surface area (Å²) in [4.78, 5) is 12.7. The minimum atomic E-state index is -2.88. The lowest BCUT2D eigenvalue weighted by molar-refractivity contribution is -0.142. The second-order valence-corrected chi connectivity index (χ2v) is 6.82. The molecule has 0 saturated carbocycles. The normalized spacial score (nSPS) is 11.9. The average Bonchev–Trinajstić information content (AvgIpc) is 3.16. The monoisotopic (exact) mass is 431 g/mol. The zero-order chi connectivity index (χ0) is 22.2. The zero-order valence-corrected chi connectivity index (χ0v) is 17.1. The molecule has 1 atom stereocenters. The van der Waals surface area contributed by atoms with Crippen molar-refractivity contribution in [1.82, 2.24) is 9.78 Å². The molecule has 164 valence electrons. The van der Waals surface area contributed by atoms with Gasteiger partial charge in [0.1, 0.15) is 24.2 Å². The Bertz CT molecular complexity index is 995. The van der Waals surface area contributed by atoms with E-state index in [2.05, 4.69) is 15.2 Å². The Balaban J connectivity index is 1.77. The van der Waals surface area contributed by atoms with E-state index in [0.717, 1.165) is 5.56 Å². The number of aromatic nitrogens is 2. The molecule has 1 N–H and O–H groups in total. The number of amides is 1. The van der Waals surface area contributed by atoms with Crippen molar-refractivity contribution in [2.45, 2.75) is 26.2 Å². The quantitative estimate of drug-likeness (QED) is 0.519. The van der Waals surface area contributed by atoms with Crippen molar-refractivity contribution in [3.63, 3.8) is 0 Å². The summed E-state index contributed by atoms with van der Waals surface area (Å²) in [5.74, 6) is 0.672. The van der Waals surface area contributed by atoms with E-state index in [1.54, 1.807) is 43.0 Å². The fourth-order valence-corrected chi connectivity index (χ4v) is 2.74. The predicted octanol–water partition coefficient (Wildman–Crippen LogP) is 4.26. The molecular weight excluding hydrogens is 408 g/mol. The lowest BCUT2D eigenvalue weighted by Crippen LogP contribution is -2.21. The third-order valence-corrected chi connectivity index (χ3v) is 4.14. The highest BCUT2D eigenvalue weighted by Gasteiger charge is 2.15. The smallest absolute Gasteiger partial charge is 0.345 e. The largest absolute Gasteiger partial charge is 0.489 e. The molecule has 1 amide bonds. The lowest BCUT2D eigenvalue weighted by Gasteiger charge is -2.17. The van der Waals surface area contributed by atoms with Gasteiger partial charge in [0.15, 0.2) is 5.82 Å². The summed E-state index contributed by atoms with van der Waals surface area (Å²) in [5.41, 5.74) is 1.22. The van der Waals surface area contributed by atoms with Crippen LogP contribution in [0.4, 0.5) is 14.6 Å². The maximum atomic E-state index is 12.7.